The molecule has 6 heteroatoms. The first-order valence-electron chi connectivity index (χ1n) is 5.84. The van der Waals surface area contributed by atoms with Crippen molar-refractivity contribution in [2.75, 3.05) is 13.4 Å². The number of halogens is 1. The minimum atomic E-state index is -3.44. The maximum absolute atomic E-state index is 12.0. The van der Waals surface area contributed by atoms with Gasteiger partial charge in [-0.15, -0.1) is 0 Å². The van der Waals surface area contributed by atoms with Crippen molar-refractivity contribution in [1.29, 1.82) is 0 Å². The Kier molecular flexibility index (Phi) is 5.15. The predicted octanol–water partition coefficient (Wildman–Crippen LogP) is 3.15. The third-order valence-corrected chi connectivity index (χ3v) is 5.31. The lowest BCUT2D eigenvalue weighted by Gasteiger charge is -2.17. The molecule has 0 amide bonds. The highest BCUT2D eigenvalue weighted by Crippen LogP contribution is 2.34. The van der Waals surface area contributed by atoms with E-state index in [1.165, 1.54) is 7.11 Å². The number of ether oxygens (including phenoxy) is 1. The van der Waals surface area contributed by atoms with E-state index in [9.17, 15) is 13.2 Å². The zero-order valence-corrected chi connectivity index (χ0v) is 13.8. The zero-order valence-electron chi connectivity index (χ0n) is 11.4. The van der Waals surface area contributed by atoms with Gasteiger partial charge in [0, 0.05) is 6.26 Å². The van der Waals surface area contributed by atoms with Gasteiger partial charge < -0.3 is 4.74 Å². The summed E-state index contributed by atoms with van der Waals surface area (Å²) in [6.07, 6.45) is 1.95. The molecule has 1 unspecified atom stereocenters. The van der Waals surface area contributed by atoms with Gasteiger partial charge in [-0.05, 0) is 39.9 Å². The van der Waals surface area contributed by atoms with Crippen molar-refractivity contribution in [1.82, 2.24) is 0 Å². The second kappa shape index (κ2) is 6.05. The SMILES string of the molecule is CCC(C)c1ccc(C(=O)OC)c(Br)c1S(C)(=O)=O. The molecule has 106 valence electrons. The van der Waals surface area contributed by atoms with Crippen LogP contribution in [-0.4, -0.2) is 27.8 Å². The topological polar surface area (TPSA) is 60.4 Å². The summed E-state index contributed by atoms with van der Waals surface area (Å²) in [5.41, 5.74) is 0.930. The number of carbonyl (C=O) groups is 1. The van der Waals surface area contributed by atoms with E-state index in [2.05, 4.69) is 20.7 Å². The summed E-state index contributed by atoms with van der Waals surface area (Å²) in [7, 11) is -2.18. The summed E-state index contributed by atoms with van der Waals surface area (Å²) in [6.45, 7) is 3.94. The maximum Gasteiger partial charge on any atom is 0.339 e. The van der Waals surface area contributed by atoms with Gasteiger partial charge in [0.15, 0.2) is 9.84 Å². The van der Waals surface area contributed by atoms with Gasteiger partial charge in [-0.25, -0.2) is 13.2 Å². The van der Waals surface area contributed by atoms with E-state index in [0.717, 1.165) is 12.7 Å². The van der Waals surface area contributed by atoms with Crippen LogP contribution >= 0.6 is 15.9 Å². The molecule has 1 aromatic carbocycles. The molecule has 4 nitrogen and oxygen atoms in total. The van der Waals surface area contributed by atoms with Crippen LogP contribution in [0.25, 0.3) is 0 Å². The van der Waals surface area contributed by atoms with E-state index in [0.29, 0.717) is 5.56 Å². The summed E-state index contributed by atoms with van der Waals surface area (Å²) >= 11 is 3.23. The van der Waals surface area contributed by atoms with Crippen molar-refractivity contribution >= 4 is 31.7 Å². The Morgan fingerprint density at radius 2 is 2.00 bits per heavy atom. The average molecular weight is 349 g/mol. The number of hydrogen-bond donors (Lipinski definition) is 0. The Morgan fingerprint density at radius 3 is 2.42 bits per heavy atom. The van der Waals surface area contributed by atoms with Crippen molar-refractivity contribution < 1.29 is 17.9 Å². The van der Waals surface area contributed by atoms with Crippen LogP contribution in [0.2, 0.25) is 0 Å². The predicted molar refractivity (Wildman–Crippen MR) is 77.3 cm³/mol. The van der Waals surface area contributed by atoms with E-state index in [1.807, 2.05) is 13.8 Å². The van der Waals surface area contributed by atoms with Gasteiger partial charge in [-0.2, -0.15) is 0 Å². The number of benzene rings is 1. The van der Waals surface area contributed by atoms with Crippen molar-refractivity contribution in [3.8, 4) is 0 Å². The monoisotopic (exact) mass is 348 g/mol. The number of carbonyl (C=O) groups excluding carboxylic acids is 1. The average Bonchev–Trinajstić information content (AvgIpc) is 2.34. The fourth-order valence-electron chi connectivity index (χ4n) is 1.82. The minimum Gasteiger partial charge on any atom is -0.465 e. The molecule has 0 saturated carbocycles. The molecule has 0 aromatic heterocycles. The molecule has 0 bridgehead atoms. The molecule has 1 rings (SSSR count). The van der Waals surface area contributed by atoms with Gasteiger partial charge in [-0.1, -0.05) is 19.9 Å². The van der Waals surface area contributed by atoms with Gasteiger partial charge in [-0.3, -0.25) is 0 Å². The molecule has 0 N–H and O–H groups in total. The summed E-state index contributed by atoms with van der Waals surface area (Å²) in [6, 6.07) is 3.27. The molecule has 0 saturated heterocycles. The largest absolute Gasteiger partial charge is 0.465 e. The Balaban J connectivity index is 3.64. The first-order chi connectivity index (χ1) is 8.73. The van der Waals surface area contributed by atoms with Gasteiger partial charge >= 0.3 is 5.97 Å². The van der Waals surface area contributed by atoms with Gasteiger partial charge in [0.05, 0.1) is 22.0 Å². The first kappa shape index (κ1) is 16.2. The van der Waals surface area contributed by atoms with Crippen molar-refractivity contribution in [3.63, 3.8) is 0 Å². The first-order valence-corrected chi connectivity index (χ1v) is 8.53. The molecule has 0 radical (unpaired) electrons. The molecule has 0 fully saturated rings. The number of esters is 1. The molecular weight excluding hydrogens is 332 g/mol. The molecule has 19 heavy (non-hydrogen) atoms. The Bertz CT molecular complexity index is 593. The number of methoxy groups -OCH3 is 1. The fourth-order valence-corrected chi connectivity index (χ4v) is 4.36. The van der Waals surface area contributed by atoms with Crippen LogP contribution in [-0.2, 0) is 14.6 Å². The lowest BCUT2D eigenvalue weighted by Crippen LogP contribution is -2.11. The van der Waals surface area contributed by atoms with Crippen LogP contribution < -0.4 is 0 Å². The molecule has 0 heterocycles. The van der Waals surface area contributed by atoms with E-state index in [-0.39, 0.29) is 20.8 Å². The second-order valence-electron chi connectivity index (χ2n) is 4.42. The number of sulfone groups is 1. The van der Waals surface area contributed by atoms with Crippen LogP contribution in [0.4, 0.5) is 0 Å². The normalized spacial score (nSPS) is 13.1. The van der Waals surface area contributed by atoms with Gasteiger partial charge in [0.1, 0.15) is 0 Å². The summed E-state index contributed by atoms with van der Waals surface area (Å²) in [5.74, 6) is -0.472. The highest BCUT2D eigenvalue weighted by atomic mass is 79.9. The third-order valence-electron chi connectivity index (χ3n) is 3.05. The van der Waals surface area contributed by atoms with Crippen LogP contribution in [0.3, 0.4) is 0 Å². The maximum atomic E-state index is 12.0. The van der Waals surface area contributed by atoms with E-state index >= 15 is 0 Å². The minimum absolute atomic E-state index is 0.0905. The highest BCUT2D eigenvalue weighted by molar-refractivity contribution is 9.10. The standard InChI is InChI=1S/C13H17BrO4S/c1-5-8(2)9-6-7-10(13(15)18-3)11(14)12(9)19(4,16)17/h6-8H,5H2,1-4H3. The Hall–Kier alpha value is -0.880. The molecule has 0 aliphatic rings. The van der Waals surface area contributed by atoms with E-state index < -0.39 is 15.8 Å². The smallest absolute Gasteiger partial charge is 0.339 e. The number of hydrogen-bond acceptors (Lipinski definition) is 4. The molecule has 1 atom stereocenters. The second-order valence-corrected chi connectivity index (χ2v) is 7.16. The van der Waals surface area contributed by atoms with Gasteiger partial charge in [0.2, 0.25) is 0 Å². The molecule has 0 aliphatic carbocycles. The molecule has 0 aliphatic heterocycles. The Labute approximate surface area is 122 Å². The van der Waals surface area contributed by atoms with E-state index in [4.69, 9.17) is 0 Å². The van der Waals surface area contributed by atoms with Crippen molar-refractivity contribution in [2.24, 2.45) is 0 Å². The van der Waals surface area contributed by atoms with E-state index in [1.54, 1.807) is 12.1 Å². The lowest BCUT2D eigenvalue weighted by molar-refractivity contribution is 0.0599. The fraction of sp³-hybridized carbons (Fsp3) is 0.462. The molecule has 0 spiro atoms. The highest BCUT2D eigenvalue weighted by Gasteiger charge is 2.25. The summed E-state index contributed by atoms with van der Waals surface area (Å²) in [4.78, 5) is 11.8. The van der Waals surface area contributed by atoms with Crippen LogP contribution in [0.5, 0.6) is 0 Å². The van der Waals surface area contributed by atoms with Crippen molar-refractivity contribution in [3.05, 3.63) is 27.7 Å². The zero-order chi connectivity index (χ0) is 14.8. The Morgan fingerprint density at radius 1 is 1.42 bits per heavy atom. The van der Waals surface area contributed by atoms with Crippen LogP contribution in [0.15, 0.2) is 21.5 Å². The van der Waals surface area contributed by atoms with Gasteiger partial charge in [0.25, 0.3) is 0 Å². The lowest BCUT2D eigenvalue weighted by atomic mass is 9.97. The summed E-state index contributed by atoms with van der Waals surface area (Å²) in [5, 5.41) is 0. The third kappa shape index (κ3) is 3.36. The van der Waals surface area contributed by atoms with Crippen molar-refractivity contribution in [2.45, 2.75) is 31.1 Å². The molecular formula is C13H17BrO4S. The van der Waals surface area contributed by atoms with Crippen LogP contribution in [0, 0.1) is 0 Å². The van der Waals surface area contributed by atoms with Crippen LogP contribution in [0.1, 0.15) is 42.1 Å². The number of rotatable bonds is 4. The molecule has 1 aromatic rings. The quantitative estimate of drug-likeness (QED) is 0.784. The summed E-state index contributed by atoms with van der Waals surface area (Å²) < 4.78 is 28.9.